The number of anilines is 2. The lowest BCUT2D eigenvalue weighted by Crippen LogP contribution is -1.93. The first kappa shape index (κ1) is 11.7. The summed E-state index contributed by atoms with van der Waals surface area (Å²) in [6.07, 6.45) is 1.55. The molecule has 0 fully saturated rings. The van der Waals surface area contributed by atoms with E-state index in [1.807, 2.05) is 6.07 Å². The molecular weight excluding hydrogens is 257 g/mol. The molecule has 17 heavy (non-hydrogen) atoms. The third-order valence-electron chi connectivity index (χ3n) is 2.11. The van der Waals surface area contributed by atoms with E-state index >= 15 is 0 Å². The zero-order chi connectivity index (χ0) is 12.3. The molecule has 5 heteroatoms. The Morgan fingerprint density at radius 1 is 1.12 bits per heavy atom. The van der Waals surface area contributed by atoms with Crippen molar-refractivity contribution in [2.24, 2.45) is 0 Å². The van der Waals surface area contributed by atoms with E-state index in [2.05, 4.69) is 10.3 Å². The highest BCUT2D eigenvalue weighted by Crippen LogP contribution is 2.32. The number of nitrogens with one attached hydrogen (secondary N) is 1. The van der Waals surface area contributed by atoms with E-state index in [4.69, 9.17) is 28.5 Å². The molecule has 0 unspecified atom stereocenters. The van der Waals surface area contributed by atoms with Gasteiger partial charge in [-0.15, -0.1) is 0 Å². The highest BCUT2D eigenvalue weighted by molar-refractivity contribution is 6.39. The van der Waals surface area contributed by atoms with Gasteiger partial charge >= 0.3 is 0 Å². The van der Waals surface area contributed by atoms with Gasteiger partial charge in [-0.1, -0.05) is 29.3 Å². The second kappa shape index (κ2) is 5.05. The van der Waals surface area contributed by atoms with Gasteiger partial charge in [0.05, 0.1) is 27.6 Å². The van der Waals surface area contributed by atoms with Gasteiger partial charge < -0.3 is 5.32 Å². The second-order valence-electron chi connectivity index (χ2n) is 3.27. The SMILES string of the molecule is N#Cc1ccc(Nc2c(Cl)cccc2Cl)cn1. The fraction of sp³-hybridized carbons (Fsp3) is 0. The van der Waals surface area contributed by atoms with Crippen molar-refractivity contribution in [3.05, 3.63) is 52.3 Å². The lowest BCUT2D eigenvalue weighted by atomic mass is 10.3. The first-order valence-electron chi connectivity index (χ1n) is 4.78. The summed E-state index contributed by atoms with van der Waals surface area (Å²) in [6.45, 7) is 0. The average Bonchev–Trinajstić information content (AvgIpc) is 2.35. The minimum Gasteiger partial charge on any atom is -0.352 e. The summed E-state index contributed by atoms with van der Waals surface area (Å²) in [5.74, 6) is 0. The Bertz CT molecular complexity index is 553. The van der Waals surface area contributed by atoms with E-state index in [-0.39, 0.29) is 0 Å². The van der Waals surface area contributed by atoms with Crippen molar-refractivity contribution in [1.82, 2.24) is 4.98 Å². The zero-order valence-electron chi connectivity index (χ0n) is 8.61. The summed E-state index contributed by atoms with van der Waals surface area (Å²) in [6, 6.07) is 10.6. The zero-order valence-corrected chi connectivity index (χ0v) is 10.1. The molecule has 0 aliphatic heterocycles. The monoisotopic (exact) mass is 263 g/mol. The van der Waals surface area contributed by atoms with Gasteiger partial charge in [0.25, 0.3) is 0 Å². The molecule has 0 bridgehead atoms. The standard InChI is InChI=1S/C12H7Cl2N3/c13-10-2-1-3-11(14)12(10)17-9-5-4-8(6-15)16-7-9/h1-5,7,17H. The molecule has 0 aliphatic carbocycles. The fourth-order valence-electron chi connectivity index (χ4n) is 1.30. The molecule has 1 N–H and O–H groups in total. The molecule has 0 saturated heterocycles. The number of benzene rings is 1. The molecule has 2 aromatic rings. The van der Waals surface area contributed by atoms with Crippen molar-refractivity contribution in [1.29, 1.82) is 5.26 Å². The number of nitriles is 1. The van der Waals surface area contributed by atoms with Crippen LogP contribution in [0.15, 0.2) is 36.5 Å². The summed E-state index contributed by atoms with van der Waals surface area (Å²) in [5, 5.41) is 12.7. The number of hydrogen-bond acceptors (Lipinski definition) is 3. The number of halogens is 2. The number of aromatic nitrogens is 1. The lowest BCUT2D eigenvalue weighted by molar-refractivity contribution is 1.26. The van der Waals surface area contributed by atoms with Gasteiger partial charge in [-0.25, -0.2) is 4.98 Å². The normalized spacial score (nSPS) is 9.71. The number of pyridine rings is 1. The summed E-state index contributed by atoms with van der Waals surface area (Å²) >= 11 is 12.0. The summed E-state index contributed by atoms with van der Waals surface area (Å²) < 4.78 is 0. The Kier molecular flexibility index (Phi) is 3.48. The molecule has 0 aliphatic rings. The molecule has 0 saturated carbocycles. The minimum atomic E-state index is 0.362. The maximum Gasteiger partial charge on any atom is 0.140 e. The largest absolute Gasteiger partial charge is 0.352 e. The van der Waals surface area contributed by atoms with Crippen molar-refractivity contribution >= 4 is 34.6 Å². The molecule has 1 heterocycles. The van der Waals surface area contributed by atoms with Crippen molar-refractivity contribution < 1.29 is 0 Å². The smallest absolute Gasteiger partial charge is 0.140 e. The van der Waals surface area contributed by atoms with Crippen molar-refractivity contribution in [2.45, 2.75) is 0 Å². The topological polar surface area (TPSA) is 48.7 Å². The molecule has 3 nitrogen and oxygen atoms in total. The number of hydrogen-bond donors (Lipinski definition) is 1. The van der Waals surface area contributed by atoms with Crippen LogP contribution in [0, 0.1) is 11.3 Å². The average molecular weight is 264 g/mol. The predicted molar refractivity (Wildman–Crippen MR) is 68.7 cm³/mol. The van der Waals surface area contributed by atoms with Gasteiger partial charge in [-0.05, 0) is 24.3 Å². The van der Waals surface area contributed by atoms with Crippen molar-refractivity contribution in [3.63, 3.8) is 0 Å². The first-order chi connectivity index (χ1) is 8.20. The van der Waals surface area contributed by atoms with E-state index in [1.165, 1.54) is 0 Å². The number of nitrogens with zero attached hydrogens (tertiary/aromatic N) is 2. The Morgan fingerprint density at radius 3 is 2.35 bits per heavy atom. The van der Waals surface area contributed by atoms with Crippen molar-refractivity contribution in [2.75, 3.05) is 5.32 Å². The van der Waals surface area contributed by atoms with Gasteiger partial charge in [0.2, 0.25) is 0 Å². The summed E-state index contributed by atoms with van der Waals surface area (Å²) in [4.78, 5) is 3.94. The Morgan fingerprint density at radius 2 is 1.82 bits per heavy atom. The van der Waals surface area contributed by atoms with E-state index in [0.29, 0.717) is 21.4 Å². The molecule has 2 rings (SSSR count). The van der Waals surface area contributed by atoms with E-state index < -0.39 is 0 Å². The Balaban J connectivity index is 2.29. The highest BCUT2D eigenvalue weighted by atomic mass is 35.5. The Hall–Kier alpha value is -1.76. The van der Waals surface area contributed by atoms with Crippen LogP contribution < -0.4 is 5.32 Å². The molecule has 0 spiro atoms. The predicted octanol–water partition coefficient (Wildman–Crippen LogP) is 4.00. The van der Waals surface area contributed by atoms with Crippen LogP contribution in [-0.4, -0.2) is 4.98 Å². The minimum absolute atomic E-state index is 0.362. The fourth-order valence-corrected chi connectivity index (χ4v) is 1.79. The lowest BCUT2D eigenvalue weighted by Gasteiger charge is -2.09. The summed E-state index contributed by atoms with van der Waals surface area (Å²) in [7, 11) is 0. The maximum atomic E-state index is 8.63. The molecule has 1 aromatic carbocycles. The molecule has 0 radical (unpaired) electrons. The van der Waals surface area contributed by atoms with Crippen molar-refractivity contribution in [3.8, 4) is 6.07 Å². The first-order valence-corrected chi connectivity index (χ1v) is 5.53. The number of rotatable bonds is 2. The maximum absolute atomic E-state index is 8.63. The van der Waals surface area contributed by atoms with Crippen LogP contribution in [0.5, 0.6) is 0 Å². The van der Waals surface area contributed by atoms with Gasteiger partial charge in [0.1, 0.15) is 11.8 Å². The van der Waals surface area contributed by atoms with Crippen LogP contribution >= 0.6 is 23.2 Å². The molecule has 0 atom stereocenters. The van der Waals surface area contributed by atoms with Crippen LogP contribution in [0.4, 0.5) is 11.4 Å². The van der Waals surface area contributed by atoms with Crippen LogP contribution in [-0.2, 0) is 0 Å². The van der Waals surface area contributed by atoms with Crippen LogP contribution in [0.1, 0.15) is 5.69 Å². The van der Waals surface area contributed by atoms with Crippen LogP contribution in [0.3, 0.4) is 0 Å². The van der Waals surface area contributed by atoms with E-state index in [9.17, 15) is 0 Å². The highest BCUT2D eigenvalue weighted by Gasteiger charge is 2.05. The van der Waals surface area contributed by atoms with Gasteiger partial charge in [-0.2, -0.15) is 5.26 Å². The third-order valence-corrected chi connectivity index (χ3v) is 2.74. The van der Waals surface area contributed by atoms with E-state index in [1.54, 1.807) is 36.5 Å². The summed E-state index contributed by atoms with van der Waals surface area (Å²) in [5.41, 5.74) is 1.71. The molecule has 1 aromatic heterocycles. The van der Waals surface area contributed by atoms with Crippen LogP contribution in [0.2, 0.25) is 10.0 Å². The molecular formula is C12H7Cl2N3. The van der Waals surface area contributed by atoms with Gasteiger partial charge in [0, 0.05) is 0 Å². The van der Waals surface area contributed by atoms with Gasteiger partial charge in [-0.3, -0.25) is 0 Å². The Labute approximate surface area is 109 Å². The van der Waals surface area contributed by atoms with Crippen LogP contribution in [0.25, 0.3) is 0 Å². The molecule has 84 valence electrons. The van der Waals surface area contributed by atoms with Gasteiger partial charge in [0.15, 0.2) is 0 Å². The quantitative estimate of drug-likeness (QED) is 0.891. The second-order valence-corrected chi connectivity index (χ2v) is 4.08. The number of para-hydroxylation sites is 1. The molecule has 0 amide bonds. The third kappa shape index (κ3) is 2.68. The van der Waals surface area contributed by atoms with E-state index in [0.717, 1.165) is 5.69 Å².